The van der Waals surface area contributed by atoms with Gasteiger partial charge in [0.1, 0.15) is 18.0 Å². The molecule has 0 unspecified atom stereocenters. The van der Waals surface area contributed by atoms with Gasteiger partial charge in [-0.15, -0.1) is 8.78 Å². The van der Waals surface area contributed by atoms with Gasteiger partial charge in [0.15, 0.2) is 22.8 Å². The molecular formula is C27H19ClF2N4O5. The first-order valence-electron chi connectivity index (χ1n) is 12.1. The summed E-state index contributed by atoms with van der Waals surface area (Å²) in [7, 11) is 0. The molecule has 2 aromatic heterocycles. The smallest absolute Gasteiger partial charge is 0.458 e. The minimum Gasteiger partial charge on any atom is -0.458 e. The number of halogens is 3. The van der Waals surface area contributed by atoms with Crippen LogP contribution in [0.15, 0.2) is 51.7 Å². The fourth-order valence-electron chi connectivity index (χ4n) is 4.56. The van der Waals surface area contributed by atoms with Crippen LogP contribution in [0.1, 0.15) is 31.4 Å². The van der Waals surface area contributed by atoms with E-state index in [2.05, 4.69) is 19.4 Å². The Morgan fingerprint density at radius 3 is 2.69 bits per heavy atom. The van der Waals surface area contributed by atoms with Gasteiger partial charge in [-0.05, 0) is 61.7 Å². The Hall–Kier alpha value is -4.43. The summed E-state index contributed by atoms with van der Waals surface area (Å²) in [6.45, 7) is 8.82. The number of ether oxygens (including phenoxy) is 2. The summed E-state index contributed by atoms with van der Waals surface area (Å²) in [5.74, 6) is 0.0139. The Bertz CT molecular complexity index is 1760. The number of furan rings is 1. The van der Waals surface area contributed by atoms with E-state index in [1.165, 1.54) is 29.2 Å². The summed E-state index contributed by atoms with van der Waals surface area (Å²) in [4.78, 5) is 31.6. The third kappa shape index (κ3) is 4.57. The van der Waals surface area contributed by atoms with E-state index in [4.69, 9.17) is 22.6 Å². The monoisotopic (exact) mass is 552 g/mol. The number of aromatic nitrogens is 2. The Morgan fingerprint density at radius 2 is 1.97 bits per heavy atom. The zero-order valence-electron chi connectivity index (χ0n) is 20.4. The highest BCUT2D eigenvalue weighted by Crippen LogP contribution is 2.44. The summed E-state index contributed by atoms with van der Waals surface area (Å²) in [5.41, 5.74) is 1.03. The highest BCUT2D eigenvalue weighted by molar-refractivity contribution is 6.31. The normalized spacial score (nSPS) is 15.4. The largest absolute Gasteiger partial charge is 0.586 e. The predicted molar refractivity (Wildman–Crippen MR) is 138 cm³/mol. The minimum absolute atomic E-state index is 0.146. The number of rotatable bonds is 6. The number of carbonyl (C=O) groups is 1. The molecule has 0 atom stereocenters. The summed E-state index contributed by atoms with van der Waals surface area (Å²) in [5, 5.41) is 5.03. The lowest BCUT2D eigenvalue weighted by molar-refractivity contribution is -0.286. The average molecular weight is 553 g/mol. The maximum Gasteiger partial charge on any atom is 0.586 e. The van der Waals surface area contributed by atoms with Crippen molar-refractivity contribution in [2.75, 3.05) is 11.4 Å². The van der Waals surface area contributed by atoms with E-state index in [0.29, 0.717) is 16.3 Å². The molecule has 0 bridgehead atoms. The van der Waals surface area contributed by atoms with Crippen LogP contribution in [0.3, 0.4) is 0 Å². The highest BCUT2D eigenvalue weighted by Gasteiger charge is 2.43. The van der Waals surface area contributed by atoms with Crippen molar-refractivity contribution in [2.45, 2.75) is 38.5 Å². The van der Waals surface area contributed by atoms with Crippen molar-refractivity contribution in [3.05, 3.63) is 75.0 Å². The maximum absolute atomic E-state index is 13.5. The second-order valence-electron chi connectivity index (χ2n) is 9.22. The SMILES string of the molecule is [C-]#[N+]c1cc(Cl)cc(-c2nn(CC(=O)N(CC)c3ccc4c(c3)OC(F)(F)O4)c(=O)c3cc(C4CC4)oc23)c1. The van der Waals surface area contributed by atoms with Gasteiger partial charge in [-0.1, -0.05) is 11.6 Å². The van der Waals surface area contributed by atoms with E-state index in [1.54, 1.807) is 25.1 Å². The summed E-state index contributed by atoms with van der Waals surface area (Å²) >= 11 is 6.24. The first-order chi connectivity index (χ1) is 18.7. The topological polar surface area (TPSA) is 91.2 Å². The average Bonchev–Trinajstić information content (AvgIpc) is 3.56. The van der Waals surface area contributed by atoms with Crippen LogP contribution in [0.2, 0.25) is 5.02 Å². The second kappa shape index (κ2) is 9.10. The van der Waals surface area contributed by atoms with Crippen LogP contribution in [0.25, 0.3) is 27.1 Å². The van der Waals surface area contributed by atoms with Crippen molar-refractivity contribution >= 4 is 39.9 Å². The molecule has 2 aliphatic rings. The van der Waals surface area contributed by atoms with Gasteiger partial charge in [-0.25, -0.2) is 9.53 Å². The molecule has 0 saturated heterocycles. The molecule has 0 spiro atoms. The molecule has 39 heavy (non-hydrogen) atoms. The van der Waals surface area contributed by atoms with Crippen molar-refractivity contribution in [3.63, 3.8) is 0 Å². The molecule has 198 valence electrons. The standard InChI is InChI=1S/C27H19ClF2N4O5/c1-3-33(18-6-7-20-22(11-18)39-27(29,30)38-20)23(35)13-34-26(36)19-12-21(14-4-5-14)37-25(19)24(32-34)15-8-16(28)10-17(9-15)31-2/h6-12,14H,3-5,13H2,1H3. The number of anilines is 1. The van der Waals surface area contributed by atoms with Crippen LogP contribution in [0, 0.1) is 6.57 Å². The van der Waals surface area contributed by atoms with E-state index in [-0.39, 0.29) is 52.0 Å². The van der Waals surface area contributed by atoms with Gasteiger partial charge in [0, 0.05) is 29.2 Å². The predicted octanol–water partition coefficient (Wildman–Crippen LogP) is 6.11. The van der Waals surface area contributed by atoms with Gasteiger partial charge in [0.2, 0.25) is 5.91 Å². The number of likely N-dealkylation sites (N-methyl/N-ethyl adjacent to an activating group) is 1. The summed E-state index contributed by atoms with van der Waals surface area (Å²) in [6, 6.07) is 10.4. The maximum atomic E-state index is 13.5. The van der Waals surface area contributed by atoms with Crippen molar-refractivity contribution < 1.29 is 27.5 Å². The molecule has 0 N–H and O–H groups in total. The molecule has 1 fully saturated rings. The molecule has 12 heteroatoms. The van der Waals surface area contributed by atoms with Crippen molar-refractivity contribution in [1.82, 2.24) is 9.78 Å². The van der Waals surface area contributed by atoms with E-state index >= 15 is 0 Å². The molecule has 0 radical (unpaired) electrons. The lowest BCUT2D eigenvalue weighted by atomic mass is 10.1. The van der Waals surface area contributed by atoms with E-state index in [0.717, 1.165) is 17.5 Å². The summed E-state index contributed by atoms with van der Waals surface area (Å²) in [6.07, 6.45) is -1.90. The van der Waals surface area contributed by atoms with Crippen LogP contribution in [-0.4, -0.2) is 28.5 Å². The number of hydrogen-bond acceptors (Lipinski definition) is 6. The number of amides is 1. The van der Waals surface area contributed by atoms with Gasteiger partial charge in [0.05, 0.1) is 12.0 Å². The molecule has 1 amide bonds. The number of benzene rings is 2. The molecule has 4 aromatic rings. The zero-order chi connectivity index (χ0) is 27.5. The third-order valence-electron chi connectivity index (χ3n) is 6.52. The summed E-state index contributed by atoms with van der Waals surface area (Å²) < 4.78 is 43.0. The first kappa shape index (κ1) is 24.9. The molecular weight excluding hydrogens is 534 g/mol. The van der Waals surface area contributed by atoms with Crippen LogP contribution < -0.4 is 19.9 Å². The van der Waals surface area contributed by atoms with Crippen molar-refractivity contribution in [1.29, 1.82) is 0 Å². The number of fused-ring (bicyclic) bond motifs is 2. The van der Waals surface area contributed by atoms with Crippen molar-refractivity contribution in [2.24, 2.45) is 0 Å². The van der Waals surface area contributed by atoms with Gasteiger partial charge in [-0.2, -0.15) is 5.10 Å². The molecule has 2 aromatic carbocycles. The van der Waals surface area contributed by atoms with E-state index in [1.807, 2.05) is 0 Å². The third-order valence-corrected chi connectivity index (χ3v) is 6.73. The van der Waals surface area contributed by atoms with Crippen molar-refractivity contribution in [3.8, 4) is 22.8 Å². The highest BCUT2D eigenvalue weighted by atomic mass is 35.5. The van der Waals surface area contributed by atoms with E-state index in [9.17, 15) is 18.4 Å². The number of hydrogen-bond donors (Lipinski definition) is 0. The number of alkyl halides is 2. The molecule has 1 aliphatic heterocycles. The van der Waals surface area contributed by atoms with Crippen LogP contribution in [-0.2, 0) is 11.3 Å². The second-order valence-corrected chi connectivity index (χ2v) is 9.66. The van der Waals surface area contributed by atoms with Gasteiger partial charge in [-0.3, -0.25) is 9.59 Å². The molecule has 1 saturated carbocycles. The minimum atomic E-state index is -3.79. The molecule has 6 rings (SSSR count). The number of nitrogens with zero attached hydrogens (tertiary/aromatic N) is 4. The first-order valence-corrected chi connectivity index (χ1v) is 12.5. The lowest BCUT2D eigenvalue weighted by Crippen LogP contribution is -2.37. The Morgan fingerprint density at radius 1 is 1.21 bits per heavy atom. The molecule has 1 aliphatic carbocycles. The Balaban J connectivity index is 1.40. The lowest BCUT2D eigenvalue weighted by Gasteiger charge is -2.21. The van der Waals surface area contributed by atoms with Gasteiger partial charge >= 0.3 is 6.29 Å². The number of carbonyl (C=O) groups excluding carboxylic acids is 1. The fraction of sp³-hybridized carbons (Fsp3) is 0.259. The molecule has 9 nitrogen and oxygen atoms in total. The molecule has 3 heterocycles. The van der Waals surface area contributed by atoms with Gasteiger partial charge in [0.25, 0.3) is 5.56 Å². The quantitative estimate of drug-likeness (QED) is 0.268. The van der Waals surface area contributed by atoms with Gasteiger partial charge < -0.3 is 18.8 Å². The zero-order valence-corrected chi connectivity index (χ0v) is 21.2. The van der Waals surface area contributed by atoms with Crippen LogP contribution in [0.5, 0.6) is 11.5 Å². The fourth-order valence-corrected chi connectivity index (χ4v) is 4.79. The van der Waals surface area contributed by atoms with Crippen LogP contribution >= 0.6 is 11.6 Å². The Kier molecular flexibility index (Phi) is 5.80. The van der Waals surface area contributed by atoms with E-state index < -0.39 is 24.3 Å². The Labute approximate surface area is 224 Å². The van der Waals surface area contributed by atoms with Crippen LogP contribution in [0.4, 0.5) is 20.2 Å².